The van der Waals surface area contributed by atoms with Gasteiger partial charge in [0.25, 0.3) is 0 Å². The zero-order valence-corrected chi connectivity index (χ0v) is 11.0. The molecule has 0 bridgehead atoms. The van der Waals surface area contributed by atoms with Crippen molar-refractivity contribution in [3.8, 4) is 5.75 Å². The van der Waals surface area contributed by atoms with Crippen LogP contribution < -0.4 is 15.4 Å². The largest absolute Gasteiger partial charge is 0.480 e. The highest BCUT2D eigenvalue weighted by molar-refractivity contribution is 5.93. The van der Waals surface area contributed by atoms with Crippen LogP contribution in [0.15, 0.2) is 24.3 Å². The molecule has 104 valence electrons. The third-order valence-corrected chi connectivity index (χ3v) is 2.18. The summed E-state index contributed by atoms with van der Waals surface area (Å²) in [4.78, 5) is 22.1. The molecule has 1 amide bonds. The predicted octanol–water partition coefficient (Wildman–Crippen LogP) is 1.09. The Balaban J connectivity index is 2.61. The van der Waals surface area contributed by atoms with Crippen LogP contribution in [0.1, 0.15) is 13.8 Å². The number of hydrogen-bond acceptors (Lipinski definition) is 4. The van der Waals surface area contributed by atoms with Crippen molar-refractivity contribution >= 4 is 17.6 Å². The quantitative estimate of drug-likeness (QED) is 0.687. The summed E-state index contributed by atoms with van der Waals surface area (Å²) in [7, 11) is 0. The first-order valence-electron chi connectivity index (χ1n) is 5.96. The standard InChI is InChI=1S/C13H18N2O4/c1-9(2)14-7-12(16)15-10-5-3-4-6-11(10)19-8-13(17)18/h3-6,9,14H,7-8H2,1-2H3,(H,15,16)(H,17,18). The average molecular weight is 266 g/mol. The van der Waals surface area contributed by atoms with Crippen LogP contribution in [0.2, 0.25) is 0 Å². The topological polar surface area (TPSA) is 87.7 Å². The number of carbonyl (C=O) groups excluding carboxylic acids is 1. The maximum absolute atomic E-state index is 11.7. The van der Waals surface area contributed by atoms with Gasteiger partial charge in [0, 0.05) is 6.04 Å². The smallest absolute Gasteiger partial charge is 0.341 e. The number of hydrogen-bond donors (Lipinski definition) is 3. The van der Waals surface area contributed by atoms with Gasteiger partial charge in [-0.3, -0.25) is 4.79 Å². The molecule has 19 heavy (non-hydrogen) atoms. The Kier molecular flexibility index (Phi) is 5.81. The van der Waals surface area contributed by atoms with Gasteiger partial charge in [-0.15, -0.1) is 0 Å². The van der Waals surface area contributed by atoms with Gasteiger partial charge in [-0.05, 0) is 12.1 Å². The van der Waals surface area contributed by atoms with Crippen LogP contribution in [-0.2, 0) is 9.59 Å². The fraction of sp³-hybridized carbons (Fsp3) is 0.385. The van der Waals surface area contributed by atoms with Gasteiger partial charge >= 0.3 is 5.97 Å². The Bertz CT molecular complexity index is 446. The summed E-state index contributed by atoms with van der Waals surface area (Å²) >= 11 is 0. The van der Waals surface area contributed by atoms with E-state index < -0.39 is 12.6 Å². The normalized spacial score (nSPS) is 10.3. The summed E-state index contributed by atoms with van der Waals surface area (Å²) in [6.45, 7) is 3.62. The molecule has 0 atom stereocenters. The molecule has 1 aromatic carbocycles. The first-order chi connectivity index (χ1) is 8.99. The van der Waals surface area contributed by atoms with E-state index in [1.165, 1.54) is 0 Å². The van der Waals surface area contributed by atoms with E-state index in [-0.39, 0.29) is 18.5 Å². The van der Waals surface area contributed by atoms with Gasteiger partial charge < -0.3 is 20.5 Å². The van der Waals surface area contributed by atoms with Gasteiger partial charge in [0.05, 0.1) is 12.2 Å². The Hall–Kier alpha value is -2.08. The van der Waals surface area contributed by atoms with Crippen molar-refractivity contribution in [1.82, 2.24) is 5.32 Å². The summed E-state index contributed by atoms with van der Waals surface area (Å²) in [5, 5.41) is 14.2. The number of carboxylic acids is 1. The van der Waals surface area contributed by atoms with Gasteiger partial charge in [0.2, 0.25) is 5.91 Å². The van der Waals surface area contributed by atoms with Crippen LogP contribution in [0.4, 0.5) is 5.69 Å². The zero-order valence-electron chi connectivity index (χ0n) is 11.0. The summed E-state index contributed by atoms with van der Waals surface area (Å²) in [6, 6.07) is 6.92. The van der Waals surface area contributed by atoms with Crippen molar-refractivity contribution in [2.45, 2.75) is 19.9 Å². The number of aliphatic carboxylic acids is 1. The molecule has 6 heteroatoms. The monoisotopic (exact) mass is 266 g/mol. The Morgan fingerprint density at radius 2 is 2.00 bits per heavy atom. The molecule has 0 saturated carbocycles. The number of nitrogens with one attached hydrogen (secondary N) is 2. The van der Waals surface area contributed by atoms with Gasteiger partial charge in [0.1, 0.15) is 5.75 Å². The minimum Gasteiger partial charge on any atom is -0.480 e. The number of para-hydroxylation sites is 2. The molecule has 0 aliphatic heterocycles. The van der Waals surface area contributed by atoms with Crippen LogP contribution in [-0.4, -0.2) is 36.2 Å². The lowest BCUT2D eigenvalue weighted by Crippen LogP contribution is -2.32. The number of carbonyl (C=O) groups is 2. The molecule has 0 saturated heterocycles. The number of amides is 1. The van der Waals surface area contributed by atoms with Crippen molar-refractivity contribution in [1.29, 1.82) is 0 Å². The Labute approximate surface area is 111 Å². The van der Waals surface area contributed by atoms with Crippen molar-refractivity contribution in [2.75, 3.05) is 18.5 Å². The van der Waals surface area contributed by atoms with E-state index >= 15 is 0 Å². The molecule has 0 spiro atoms. The molecule has 0 aliphatic carbocycles. The molecule has 0 heterocycles. The number of carboxylic acid groups (broad SMARTS) is 1. The molecule has 1 aromatic rings. The third-order valence-electron chi connectivity index (χ3n) is 2.18. The van der Waals surface area contributed by atoms with E-state index in [1.54, 1.807) is 24.3 Å². The first-order valence-corrected chi connectivity index (χ1v) is 5.96. The van der Waals surface area contributed by atoms with Crippen LogP contribution in [0.25, 0.3) is 0 Å². The van der Waals surface area contributed by atoms with E-state index in [2.05, 4.69) is 10.6 Å². The molecule has 1 rings (SSSR count). The van der Waals surface area contributed by atoms with Crippen LogP contribution in [0.3, 0.4) is 0 Å². The van der Waals surface area contributed by atoms with Crippen molar-refractivity contribution in [3.05, 3.63) is 24.3 Å². The first kappa shape index (κ1) is 15.0. The molecule has 6 nitrogen and oxygen atoms in total. The van der Waals surface area contributed by atoms with E-state index in [0.29, 0.717) is 11.4 Å². The third kappa shape index (κ3) is 5.87. The Morgan fingerprint density at radius 1 is 1.32 bits per heavy atom. The molecule has 0 radical (unpaired) electrons. The highest BCUT2D eigenvalue weighted by Gasteiger charge is 2.09. The maximum atomic E-state index is 11.7. The van der Waals surface area contributed by atoms with Gasteiger partial charge in [0.15, 0.2) is 6.61 Å². The molecule has 0 fully saturated rings. The highest BCUT2D eigenvalue weighted by Crippen LogP contribution is 2.23. The Morgan fingerprint density at radius 3 is 2.63 bits per heavy atom. The lowest BCUT2D eigenvalue weighted by Gasteiger charge is -2.12. The second kappa shape index (κ2) is 7.38. The number of anilines is 1. The number of benzene rings is 1. The van der Waals surface area contributed by atoms with Crippen molar-refractivity contribution in [3.63, 3.8) is 0 Å². The van der Waals surface area contributed by atoms with Gasteiger partial charge in [-0.25, -0.2) is 4.79 Å². The summed E-state index contributed by atoms with van der Waals surface area (Å²) < 4.78 is 5.09. The fourth-order valence-corrected chi connectivity index (χ4v) is 1.33. The second-order valence-corrected chi connectivity index (χ2v) is 4.26. The summed E-state index contributed by atoms with van der Waals surface area (Å²) in [5.74, 6) is -0.939. The molecular weight excluding hydrogens is 248 g/mol. The highest BCUT2D eigenvalue weighted by atomic mass is 16.5. The minimum atomic E-state index is -1.07. The lowest BCUT2D eigenvalue weighted by atomic mass is 10.3. The van der Waals surface area contributed by atoms with E-state index in [4.69, 9.17) is 9.84 Å². The minimum absolute atomic E-state index is 0.185. The van der Waals surface area contributed by atoms with Crippen LogP contribution in [0, 0.1) is 0 Å². The van der Waals surface area contributed by atoms with Gasteiger partial charge in [-0.1, -0.05) is 26.0 Å². The maximum Gasteiger partial charge on any atom is 0.341 e. The second-order valence-electron chi connectivity index (χ2n) is 4.26. The molecular formula is C13H18N2O4. The summed E-state index contributed by atoms with van der Waals surface area (Å²) in [5.41, 5.74) is 0.458. The summed E-state index contributed by atoms with van der Waals surface area (Å²) in [6.07, 6.45) is 0. The molecule has 0 unspecified atom stereocenters. The van der Waals surface area contributed by atoms with Crippen LogP contribution >= 0.6 is 0 Å². The average Bonchev–Trinajstić information content (AvgIpc) is 2.35. The van der Waals surface area contributed by atoms with E-state index in [9.17, 15) is 9.59 Å². The predicted molar refractivity (Wildman–Crippen MR) is 71.3 cm³/mol. The molecule has 0 aliphatic rings. The number of rotatable bonds is 7. The fourth-order valence-electron chi connectivity index (χ4n) is 1.33. The molecule has 3 N–H and O–H groups in total. The van der Waals surface area contributed by atoms with Gasteiger partial charge in [-0.2, -0.15) is 0 Å². The number of ether oxygens (including phenoxy) is 1. The van der Waals surface area contributed by atoms with Crippen molar-refractivity contribution in [2.24, 2.45) is 0 Å². The van der Waals surface area contributed by atoms with Crippen LogP contribution in [0.5, 0.6) is 5.75 Å². The zero-order chi connectivity index (χ0) is 14.3. The van der Waals surface area contributed by atoms with E-state index in [1.807, 2.05) is 13.8 Å². The SMILES string of the molecule is CC(C)NCC(=O)Nc1ccccc1OCC(=O)O. The van der Waals surface area contributed by atoms with Crippen molar-refractivity contribution < 1.29 is 19.4 Å². The van der Waals surface area contributed by atoms with E-state index in [0.717, 1.165) is 0 Å². The molecule has 0 aromatic heterocycles. The lowest BCUT2D eigenvalue weighted by molar-refractivity contribution is -0.139.